The first-order valence-corrected chi connectivity index (χ1v) is 8.89. The quantitative estimate of drug-likeness (QED) is 0.294. The topological polar surface area (TPSA) is 97.5 Å². The van der Waals surface area contributed by atoms with Gasteiger partial charge in [0.1, 0.15) is 5.60 Å². The lowest BCUT2D eigenvalue weighted by atomic mass is 10.1. The van der Waals surface area contributed by atoms with Gasteiger partial charge >= 0.3 is 12.1 Å². The Kier molecular flexibility index (Phi) is 8.99. The molecule has 1 saturated heterocycles. The van der Waals surface area contributed by atoms with Crippen LogP contribution in [0, 0.1) is 0 Å². The van der Waals surface area contributed by atoms with Crippen LogP contribution in [-0.4, -0.2) is 66.7 Å². The smallest absolute Gasteiger partial charge is 0.410 e. The van der Waals surface area contributed by atoms with Crippen LogP contribution in [0.2, 0.25) is 0 Å². The van der Waals surface area contributed by atoms with E-state index in [9.17, 15) is 9.59 Å². The molecule has 0 spiro atoms. The number of esters is 1. The third-order valence-electron chi connectivity index (χ3n) is 4.03. The van der Waals surface area contributed by atoms with Crippen molar-refractivity contribution < 1.29 is 19.1 Å². The molecule has 1 aliphatic rings. The zero-order valence-corrected chi connectivity index (χ0v) is 19.1. The summed E-state index contributed by atoms with van der Waals surface area (Å²) < 4.78 is 10.1. The molecule has 0 unspecified atom stereocenters. The number of halogens is 1. The highest BCUT2D eigenvalue weighted by Gasteiger charge is 2.26. The predicted molar refractivity (Wildman–Crippen MR) is 118 cm³/mol. The second kappa shape index (κ2) is 10.5. The number of hydrogen-bond acceptors (Lipinski definition) is 5. The molecule has 0 atom stereocenters. The predicted octanol–water partition coefficient (Wildman–Crippen LogP) is 2.46. The van der Waals surface area contributed by atoms with E-state index in [-0.39, 0.29) is 36.0 Å². The summed E-state index contributed by atoms with van der Waals surface area (Å²) in [7, 11) is 1.35. The van der Waals surface area contributed by atoms with Gasteiger partial charge in [-0.3, -0.25) is 0 Å². The third kappa shape index (κ3) is 7.17. The maximum absolute atomic E-state index is 12.1. The fraction of sp³-hybridized carbons (Fsp3) is 0.526. The summed E-state index contributed by atoms with van der Waals surface area (Å²) in [4.78, 5) is 31.7. The summed E-state index contributed by atoms with van der Waals surface area (Å²) in [5.74, 6) is 0.0365. The van der Waals surface area contributed by atoms with Crippen LogP contribution in [-0.2, 0) is 16.0 Å². The van der Waals surface area contributed by atoms with Crippen molar-refractivity contribution >= 4 is 42.0 Å². The molecule has 1 aromatic rings. The molecular weight excluding hydrogens is 475 g/mol. The zero-order valence-electron chi connectivity index (χ0n) is 16.8. The van der Waals surface area contributed by atoms with Crippen molar-refractivity contribution in [2.75, 3.05) is 33.3 Å². The van der Waals surface area contributed by atoms with Crippen LogP contribution in [0.25, 0.3) is 0 Å². The van der Waals surface area contributed by atoms with Crippen molar-refractivity contribution in [3.63, 3.8) is 0 Å². The number of rotatable bonds is 3. The van der Waals surface area contributed by atoms with Crippen LogP contribution < -0.4 is 5.73 Å². The van der Waals surface area contributed by atoms with Crippen molar-refractivity contribution in [2.24, 2.45) is 10.7 Å². The summed E-state index contributed by atoms with van der Waals surface area (Å²) in [6.07, 6.45) is -0.308. The van der Waals surface area contributed by atoms with Crippen molar-refractivity contribution in [1.82, 2.24) is 9.80 Å². The highest BCUT2D eigenvalue weighted by molar-refractivity contribution is 14.0. The van der Waals surface area contributed by atoms with Gasteiger partial charge in [-0.15, -0.1) is 24.0 Å². The van der Waals surface area contributed by atoms with Gasteiger partial charge in [-0.25, -0.2) is 14.6 Å². The number of hydrogen-bond donors (Lipinski definition) is 1. The van der Waals surface area contributed by atoms with E-state index in [1.54, 1.807) is 23.1 Å². The second-order valence-electron chi connectivity index (χ2n) is 7.32. The Hall–Kier alpha value is -2.04. The molecule has 1 aliphatic heterocycles. The Balaban J connectivity index is 0.00000392. The summed E-state index contributed by atoms with van der Waals surface area (Å²) in [5.41, 5.74) is 6.94. The molecule has 8 nitrogen and oxygen atoms in total. The van der Waals surface area contributed by atoms with Crippen molar-refractivity contribution in [1.29, 1.82) is 0 Å². The molecule has 0 saturated carbocycles. The van der Waals surface area contributed by atoms with Gasteiger partial charge in [-0.05, 0) is 38.5 Å². The van der Waals surface area contributed by atoms with Crippen LogP contribution in [0.3, 0.4) is 0 Å². The summed E-state index contributed by atoms with van der Waals surface area (Å²) in [6, 6.07) is 7.10. The maximum atomic E-state index is 12.1. The largest absolute Gasteiger partial charge is 0.465 e. The van der Waals surface area contributed by atoms with E-state index < -0.39 is 5.60 Å². The number of aliphatic imine (C=N–C) groups is 1. The lowest BCUT2D eigenvalue weighted by Gasteiger charge is -2.36. The van der Waals surface area contributed by atoms with E-state index in [4.69, 9.17) is 15.2 Å². The summed E-state index contributed by atoms with van der Waals surface area (Å²) in [5, 5.41) is 0. The van der Waals surface area contributed by atoms with Crippen LogP contribution in [0.4, 0.5) is 4.79 Å². The fourth-order valence-electron chi connectivity index (χ4n) is 2.63. The van der Waals surface area contributed by atoms with Crippen molar-refractivity contribution in [3.8, 4) is 0 Å². The van der Waals surface area contributed by atoms with E-state index in [0.29, 0.717) is 44.2 Å². The molecule has 1 fully saturated rings. The molecule has 28 heavy (non-hydrogen) atoms. The first-order valence-electron chi connectivity index (χ1n) is 8.89. The highest BCUT2D eigenvalue weighted by Crippen LogP contribution is 2.12. The highest BCUT2D eigenvalue weighted by atomic mass is 127. The number of carbonyl (C=O) groups excluding carboxylic acids is 2. The Morgan fingerprint density at radius 3 is 2.32 bits per heavy atom. The maximum Gasteiger partial charge on any atom is 0.410 e. The molecule has 2 rings (SSSR count). The van der Waals surface area contributed by atoms with Crippen LogP contribution >= 0.6 is 24.0 Å². The van der Waals surface area contributed by atoms with E-state index in [1.807, 2.05) is 31.7 Å². The first kappa shape index (κ1) is 24.0. The van der Waals surface area contributed by atoms with Gasteiger partial charge in [0.15, 0.2) is 5.96 Å². The Labute approximate surface area is 183 Å². The first-order chi connectivity index (χ1) is 12.7. The van der Waals surface area contributed by atoms with Crippen LogP contribution in [0.15, 0.2) is 29.3 Å². The number of methoxy groups -OCH3 is 1. The average molecular weight is 504 g/mol. The molecule has 1 amide bonds. The summed E-state index contributed by atoms with van der Waals surface area (Å²) >= 11 is 0. The Morgan fingerprint density at radius 2 is 1.75 bits per heavy atom. The van der Waals surface area contributed by atoms with Gasteiger partial charge in [-0.2, -0.15) is 0 Å². The monoisotopic (exact) mass is 504 g/mol. The minimum Gasteiger partial charge on any atom is -0.465 e. The molecule has 0 bridgehead atoms. The number of guanidine groups is 1. The lowest BCUT2D eigenvalue weighted by Crippen LogP contribution is -2.53. The minimum absolute atomic E-state index is 0. The number of ether oxygens (including phenoxy) is 2. The lowest BCUT2D eigenvalue weighted by molar-refractivity contribution is 0.0186. The molecule has 9 heteroatoms. The SMILES string of the molecule is COC(=O)c1cccc(CN=C(N)N2CCN(C(=O)OC(C)(C)C)CC2)c1.I. The molecule has 1 heterocycles. The number of carbonyl (C=O) groups is 2. The van der Waals surface area contributed by atoms with Crippen LogP contribution in [0.5, 0.6) is 0 Å². The molecule has 1 aromatic carbocycles. The number of amides is 1. The van der Waals surface area contributed by atoms with Crippen molar-refractivity contribution in [2.45, 2.75) is 32.9 Å². The number of benzene rings is 1. The summed E-state index contributed by atoms with van der Waals surface area (Å²) in [6.45, 7) is 8.16. The molecular formula is C19H29IN4O4. The number of nitrogens with zero attached hydrogens (tertiary/aromatic N) is 3. The normalized spacial score (nSPS) is 14.9. The second-order valence-corrected chi connectivity index (χ2v) is 7.32. The van der Waals surface area contributed by atoms with Crippen LogP contribution in [0.1, 0.15) is 36.7 Å². The molecule has 2 N–H and O–H groups in total. The molecule has 0 aromatic heterocycles. The Bertz CT molecular complexity index is 710. The number of piperazine rings is 1. The number of nitrogens with two attached hydrogens (primary N) is 1. The standard InChI is InChI=1S/C19H28N4O4.HI/c1-19(2,3)27-18(25)23-10-8-22(9-11-23)17(20)21-13-14-6-5-7-15(12-14)16(24)26-4;/h5-7,12H,8-11,13H2,1-4H3,(H2,20,21);1H. The van der Waals surface area contributed by atoms with Gasteiger partial charge in [0.05, 0.1) is 19.2 Å². The Morgan fingerprint density at radius 1 is 1.14 bits per heavy atom. The van der Waals surface area contributed by atoms with Crippen molar-refractivity contribution in [3.05, 3.63) is 35.4 Å². The van der Waals surface area contributed by atoms with Gasteiger partial charge in [0, 0.05) is 26.2 Å². The molecule has 156 valence electrons. The molecule has 0 aliphatic carbocycles. The van der Waals surface area contributed by atoms with E-state index in [1.165, 1.54) is 7.11 Å². The third-order valence-corrected chi connectivity index (χ3v) is 4.03. The van der Waals surface area contributed by atoms with Gasteiger partial charge in [0.25, 0.3) is 0 Å². The zero-order chi connectivity index (χ0) is 20.0. The van der Waals surface area contributed by atoms with Gasteiger partial charge < -0.3 is 25.0 Å². The molecule has 0 radical (unpaired) electrons. The van der Waals surface area contributed by atoms with E-state index >= 15 is 0 Å². The minimum atomic E-state index is -0.507. The fourth-order valence-corrected chi connectivity index (χ4v) is 2.63. The van der Waals surface area contributed by atoms with Gasteiger partial charge in [0.2, 0.25) is 0 Å². The van der Waals surface area contributed by atoms with Gasteiger partial charge in [-0.1, -0.05) is 12.1 Å². The van der Waals surface area contributed by atoms with E-state index in [0.717, 1.165) is 5.56 Å². The van der Waals surface area contributed by atoms with E-state index in [2.05, 4.69) is 4.99 Å². The average Bonchev–Trinajstić information content (AvgIpc) is 2.64.